The molecule has 20 heavy (non-hydrogen) atoms. The highest BCUT2D eigenvalue weighted by Gasteiger charge is 2.13. The molecule has 1 heterocycles. The van der Waals surface area contributed by atoms with E-state index in [0.29, 0.717) is 22.1 Å². The molecule has 6 heteroatoms. The van der Waals surface area contributed by atoms with Gasteiger partial charge in [-0.05, 0) is 12.1 Å². The number of nitro benzene ring substituents is 1. The number of benzene rings is 1. The average Bonchev–Trinajstić information content (AvgIpc) is 2.43. The maximum atomic E-state index is 11.0. The number of carbonyl (C=O) groups excluding carboxylic acids is 1. The van der Waals surface area contributed by atoms with Crippen LogP contribution in [0.5, 0.6) is 0 Å². The molecule has 0 unspecified atom stereocenters. The van der Waals surface area contributed by atoms with Crippen LogP contribution in [0.1, 0.15) is 12.5 Å². The predicted octanol–water partition coefficient (Wildman–Crippen LogP) is 2.77. The van der Waals surface area contributed by atoms with E-state index in [2.05, 4.69) is 16.8 Å². The summed E-state index contributed by atoms with van der Waals surface area (Å²) in [7, 11) is 0. The van der Waals surface area contributed by atoms with Gasteiger partial charge in [0.25, 0.3) is 5.69 Å². The summed E-state index contributed by atoms with van der Waals surface area (Å²) in [6, 6.07) is 4.74. The third-order valence-electron chi connectivity index (χ3n) is 2.56. The summed E-state index contributed by atoms with van der Waals surface area (Å²) in [5.74, 6) is 6.21. The van der Waals surface area contributed by atoms with Crippen LogP contribution in [-0.4, -0.2) is 20.8 Å². The van der Waals surface area contributed by atoms with Gasteiger partial charge in [-0.1, -0.05) is 23.6 Å². The average molecular weight is 286 g/mol. The zero-order chi connectivity index (χ0) is 14.5. The quantitative estimate of drug-likeness (QED) is 0.482. The molecule has 1 aromatic carbocycles. The van der Waals surface area contributed by atoms with E-state index >= 15 is 0 Å². The minimum atomic E-state index is -0.438. The van der Waals surface area contributed by atoms with Gasteiger partial charge in [-0.3, -0.25) is 19.9 Å². The molecule has 0 bridgehead atoms. The smallest absolute Gasteiger partial charge is 0.278 e. The molecule has 0 saturated carbocycles. The third kappa shape index (κ3) is 3.13. The monoisotopic (exact) mass is 286 g/mol. The Balaban J connectivity index is 2.43. The molecule has 0 saturated heterocycles. The van der Waals surface area contributed by atoms with Crippen LogP contribution in [0.2, 0.25) is 0 Å². The van der Waals surface area contributed by atoms with E-state index in [1.54, 1.807) is 18.3 Å². The maximum absolute atomic E-state index is 11.0. The largest absolute Gasteiger partial charge is 0.288 e. The Kier molecular flexibility index (Phi) is 4.33. The number of fused-ring (bicyclic) bond motifs is 1. The molecule has 0 radical (unpaired) electrons. The molecule has 0 aliphatic carbocycles. The molecule has 0 amide bonds. The van der Waals surface area contributed by atoms with Gasteiger partial charge in [-0.15, -0.1) is 0 Å². The summed E-state index contributed by atoms with van der Waals surface area (Å²) in [6.45, 7) is 1.49. The fourth-order valence-electron chi connectivity index (χ4n) is 1.71. The Bertz CT molecular complexity index is 747. The fourth-order valence-corrected chi connectivity index (χ4v) is 2.06. The molecule has 0 aliphatic heterocycles. The highest BCUT2D eigenvalue weighted by Crippen LogP contribution is 2.27. The van der Waals surface area contributed by atoms with Crippen molar-refractivity contribution in [2.45, 2.75) is 6.92 Å². The lowest BCUT2D eigenvalue weighted by Crippen LogP contribution is -1.92. The second-order valence-corrected chi connectivity index (χ2v) is 5.04. The van der Waals surface area contributed by atoms with Crippen molar-refractivity contribution in [3.05, 3.63) is 46.3 Å². The van der Waals surface area contributed by atoms with Crippen molar-refractivity contribution in [3.8, 4) is 11.8 Å². The molecule has 2 rings (SSSR count). The number of nitrogens with zero attached hydrogens (tertiary/aromatic N) is 2. The van der Waals surface area contributed by atoms with Crippen LogP contribution in [-0.2, 0) is 4.79 Å². The Morgan fingerprint density at radius 1 is 1.40 bits per heavy atom. The van der Waals surface area contributed by atoms with E-state index in [1.807, 2.05) is 0 Å². The Hall–Kier alpha value is -2.39. The number of hydrogen-bond acceptors (Lipinski definition) is 5. The molecule has 5 nitrogen and oxygen atoms in total. The van der Waals surface area contributed by atoms with E-state index < -0.39 is 4.92 Å². The first-order valence-corrected chi connectivity index (χ1v) is 6.71. The summed E-state index contributed by atoms with van der Waals surface area (Å²) < 4.78 is 0. The Morgan fingerprint density at radius 2 is 2.20 bits per heavy atom. The zero-order valence-electron chi connectivity index (χ0n) is 10.6. The topological polar surface area (TPSA) is 73.1 Å². The van der Waals surface area contributed by atoms with E-state index in [1.165, 1.54) is 19.2 Å². The van der Waals surface area contributed by atoms with Gasteiger partial charge in [-0.2, -0.15) is 0 Å². The molecule has 0 aliphatic rings. The first-order chi connectivity index (χ1) is 9.59. The zero-order valence-corrected chi connectivity index (χ0v) is 11.4. The molecule has 2 aromatic rings. The van der Waals surface area contributed by atoms with E-state index in [4.69, 9.17) is 0 Å². The lowest BCUT2D eigenvalue weighted by Gasteiger charge is -2.01. The van der Waals surface area contributed by atoms with Crippen LogP contribution in [0.25, 0.3) is 10.8 Å². The van der Waals surface area contributed by atoms with Crippen molar-refractivity contribution < 1.29 is 9.72 Å². The van der Waals surface area contributed by atoms with E-state index in [-0.39, 0.29) is 10.8 Å². The summed E-state index contributed by atoms with van der Waals surface area (Å²) >= 11 is 1.13. The third-order valence-corrected chi connectivity index (χ3v) is 3.26. The summed E-state index contributed by atoms with van der Waals surface area (Å²) in [6.07, 6.45) is 3.03. The highest BCUT2D eigenvalue weighted by atomic mass is 32.2. The lowest BCUT2D eigenvalue weighted by molar-refractivity contribution is -0.383. The van der Waals surface area contributed by atoms with Crippen LogP contribution < -0.4 is 0 Å². The number of aromatic nitrogens is 1. The second-order valence-electron chi connectivity index (χ2n) is 3.89. The van der Waals surface area contributed by atoms with Gasteiger partial charge in [-0.25, -0.2) is 0 Å². The highest BCUT2D eigenvalue weighted by molar-refractivity contribution is 8.13. The van der Waals surface area contributed by atoms with Crippen molar-refractivity contribution in [1.82, 2.24) is 4.98 Å². The number of hydrogen-bond donors (Lipinski definition) is 0. The predicted molar refractivity (Wildman–Crippen MR) is 78.4 cm³/mol. The van der Waals surface area contributed by atoms with E-state index in [0.717, 1.165) is 11.8 Å². The minimum Gasteiger partial charge on any atom is -0.288 e. The number of rotatable bonds is 2. The Labute approximate surface area is 119 Å². The molecular formula is C14H10N2O3S. The molecule has 1 aromatic heterocycles. The lowest BCUT2D eigenvalue weighted by atomic mass is 10.1. The summed E-state index contributed by atoms with van der Waals surface area (Å²) in [5, 5.41) is 12.1. The van der Waals surface area contributed by atoms with Gasteiger partial charge in [0.15, 0.2) is 5.12 Å². The molecule has 100 valence electrons. The number of non-ortho nitro benzene ring substituents is 1. The minimum absolute atomic E-state index is 0.0109. The van der Waals surface area contributed by atoms with Crippen molar-refractivity contribution in [2.75, 3.05) is 5.75 Å². The van der Waals surface area contributed by atoms with Crippen molar-refractivity contribution in [1.29, 1.82) is 0 Å². The fraction of sp³-hybridized carbons (Fsp3) is 0.143. The van der Waals surface area contributed by atoms with Gasteiger partial charge < -0.3 is 0 Å². The standard InChI is InChI=1S/C14H10N2O3S/c1-10(17)20-8-2-3-11-4-5-14(16(18)19)13-9-15-7-6-12(11)13/h4-7,9H,8H2,1H3. The summed E-state index contributed by atoms with van der Waals surface area (Å²) in [4.78, 5) is 25.2. The maximum Gasteiger partial charge on any atom is 0.278 e. The first kappa shape index (κ1) is 14.0. The van der Waals surface area contributed by atoms with Crippen molar-refractivity contribution >= 4 is 33.3 Å². The Morgan fingerprint density at radius 3 is 2.90 bits per heavy atom. The molecule has 0 N–H and O–H groups in total. The van der Waals surface area contributed by atoms with Crippen molar-refractivity contribution in [2.24, 2.45) is 0 Å². The number of nitro groups is 1. The van der Waals surface area contributed by atoms with Crippen molar-refractivity contribution in [3.63, 3.8) is 0 Å². The SMILES string of the molecule is CC(=O)SCC#Cc1ccc([N+](=O)[O-])c2cnccc12. The summed E-state index contributed by atoms with van der Waals surface area (Å²) in [5.41, 5.74) is 0.703. The van der Waals surface area contributed by atoms with Gasteiger partial charge in [0.1, 0.15) is 0 Å². The van der Waals surface area contributed by atoms with Crippen LogP contribution in [0.15, 0.2) is 30.6 Å². The second kappa shape index (κ2) is 6.17. The van der Waals surface area contributed by atoms with Gasteiger partial charge in [0.2, 0.25) is 0 Å². The van der Waals surface area contributed by atoms with Crippen LogP contribution >= 0.6 is 11.8 Å². The number of carbonyl (C=O) groups is 1. The molecule has 0 spiro atoms. The number of thioether (sulfide) groups is 1. The normalized spacial score (nSPS) is 9.85. The number of pyridine rings is 1. The molecule has 0 fully saturated rings. The van der Waals surface area contributed by atoms with Crippen LogP contribution in [0.3, 0.4) is 0 Å². The van der Waals surface area contributed by atoms with Gasteiger partial charge in [0.05, 0.1) is 16.1 Å². The molecular weight excluding hydrogens is 276 g/mol. The first-order valence-electron chi connectivity index (χ1n) is 5.73. The molecule has 0 atom stereocenters. The van der Waals surface area contributed by atoms with Crippen LogP contribution in [0.4, 0.5) is 5.69 Å². The van der Waals surface area contributed by atoms with Gasteiger partial charge in [0, 0.05) is 36.3 Å². The van der Waals surface area contributed by atoms with Crippen LogP contribution in [0, 0.1) is 22.0 Å². The van der Waals surface area contributed by atoms with E-state index in [9.17, 15) is 14.9 Å². The van der Waals surface area contributed by atoms with Gasteiger partial charge >= 0.3 is 0 Å².